The first-order valence-corrected chi connectivity index (χ1v) is 6.40. The van der Waals surface area contributed by atoms with Crippen LogP contribution in [0.25, 0.3) is 0 Å². The number of aromatic nitrogens is 1. The Labute approximate surface area is 118 Å². The van der Waals surface area contributed by atoms with Crippen LogP contribution in [0.3, 0.4) is 0 Å². The predicted octanol–water partition coefficient (Wildman–Crippen LogP) is 2.88. The Morgan fingerprint density at radius 2 is 2.17 bits per heavy atom. The maximum atomic E-state index is 14.0. The Kier molecular flexibility index (Phi) is 4.13. The van der Waals surface area contributed by atoms with Gasteiger partial charge in [-0.05, 0) is 46.4 Å². The number of benzene rings is 1. The lowest BCUT2D eigenvalue weighted by molar-refractivity contribution is 0.366. The van der Waals surface area contributed by atoms with Crippen molar-refractivity contribution in [2.24, 2.45) is 5.73 Å². The molecule has 18 heavy (non-hydrogen) atoms. The van der Waals surface area contributed by atoms with E-state index in [0.717, 1.165) is 9.13 Å². The van der Waals surface area contributed by atoms with E-state index in [-0.39, 0.29) is 5.88 Å². The lowest BCUT2D eigenvalue weighted by atomic mass is 10.0. The molecular formula is C13H12FIN2O. The van der Waals surface area contributed by atoms with Gasteiger partial charge in [0.15, 0.2) is 5.82 Å². The second-order valence-electron chi connectivity index (χ2n) is 3.76. The molecule has 0 bridgehead atoms. The van der Waals surface area contributed by atoms with E-state index in [2.05, 4.69) is 27.6 Å². The van der Waals surface area contributed by atoms with Gasteiger partial charge in [-0.15, -0.1) is 0 Å². The summed E-state index contributed by atoms with van der Waals surface area (Å²) in [6, 6.07) is 8.70. The molecular weight excluding hydrogens is 346 g/mol. The second kappa shape index (κ2) is 5.62. The fourth-order valence-electron chi connectivity index (χ4n) is 1.70. The Morgan fingerprint density at radius 3 is 2.83 bits per heavy atom. The summed E-state index contributed by atoms with van der Waals surface area (Å²) in [7, 11) is 1.38. The van der Waals surface area contributed by atoms with E-state index in [9.17, 15) is 4.39 Å². The molecule has 0 aliphatic rings. The predicted molar refractivity (Wildman–Crippen MR) is 75.9 cm³/mol. The van der Waals surface area contributed by atoms with Gasteiger partial charge in [-0.1, -0.05) is 12.1 Å². The fourth-order valence-corrected chi connectivity index (χ4v) is 2.27. The minimum atomic E-state index is -0.531. The molecule has 0 saturated heterocycles. The van der Waals surface area contributed by atoms with Gasteiger partial charge in [0.05, 0.1) is 13.2 Å². The van der Waals surface area contributed by atoms with Crippen molar-refractivity contribution >= 4 is 22.6 Å². The summed E-state index contributed by atoms with van der Waals surface area (Å²) in [5.41, 5.74) is 7.32. The largest absolute Gasteiger partial charge is 0.479 e. The first kappa shape index (κ1) is 13.2. The number of hydrogen-bond donors (Lipinski definition) is 1. The van der Waals surface area contributed by atoms with Crippen LogP contribution in [0.1, 0.15) is 17.2 Å². The number of hydrogen-bond acceptors (Lipinski definition) is 3. The van der Waals surface area contributed by atoms with Crippen molar-refractivity contribution in [3.63, 3.8) is 0 Å². The number of ether oxygens (including phenoxy) is 1. The van der Waals surface area contributed by atoms with E-state index in [1.807, 2.05) is 24.3 Å². The van der Waals surface area contributed by atoms with Gasteiger partial charge in [-0.25, -0.2) is 9.37 Å². The van der Waals surface area contributed by atoms with Crippen molar-refractivity contribution in [1.82, 2.24) is 4.98 Å². The number of methoxy groups -OCH3 is 1. The molecule has 0 fully saturated rings. The zero-order valence-electron chi connectivity index (χ0n) is 9.73. The quantitative estimate of drug-likeness (QED) is 0.859. The van der Waals surface area contributed by atoms with Gasteiger partial charge in [0.2, 0.25) is 5.88 Å². The van der Waals surface area contributed by atoms with E-state index < -0.39 is 11.9 Å². The lowest BCUT2D eigenvalue weighted by Crippen LogP contribution is -2.14. The molecule has 3 nitrogen and oxygen atoms in total. The number of pyridine rings is 1. The lowest BCUT2D eigenvalue weighted by Gasteiger charge is -2.14. The molecule has 2 rings (SSSR count). The van der Waals surface area contributed by atoms with Gasteiger partial charge in [0.25, 0.3) is 0 Å². The van der Waals surface area contributed by atoms with Crippen molar-refractivity contribution < 1.29 is 9.13 Å². The molecule has 0 saturated carbocycles. The van der Waals surface area contributed by atoms with Crippen molar-refractivity contribution in [2.45, 2.75) is 6.04 Å². The summed E-state index contributed by atoms with van der Waals surface area (Å²) in [5.74, 6) is -0.542. The van der Waals surface area contributed by atoms with Gasteiger partial charge in [-0.2, -0.15) is 0 Å². The standard InChI is InChI=1S/C13H12FIN2O/c1-18-13-11(14)10(5-6-17-13)12(16)8-3-2-4-9(15)7-8/h2-7,12H,16H2,1H3. The minimum absolute atomic E-state index is 0.0337. The summed E-state index contributed by atoms with van der Waals surface area (Å²) < 4.78 is 19.9. The van der Waals surface area contributed by atoms with Crippen LogP contribution in [-0.4, -0.2) is 12.1 Å². The third-order valence-electron chi connectivity index (χ3n) is 2.62. The number of nitrogens with zero attached hydrogens (tertiary/aromatic N) is 1. The smallest absolute Gasteiger partial charge is 0.250 e. The summed E-state index contributed by atoms with van der Waals surface area (Å²) in [5, 5.41) is 0. The highest BCUT2D eigenvalue weighted by Gasteiger charge is 2.17. The summed E-state index contributed by atoms with van der Waals surface area (Å²) in [6.07, 6.45) is 1.49. The Bertz CT molecular complexity index is 562. The molecule has 1 heterocycles. The monoisotopic (exact) mass is 358 g/mol. The number of nitrogens with two attached hydrogens (primary N) is 1. The SMILES string of the molecule is COc1nccc(C(N)c2cccc(I)c2)c1F. The molecule has 5 heteroatoms. The number of halogens is 2. The minimum Gasteiger partial charge on any atom is -0.479 e. The van der Waals surface area contributed by atoms with Crippen molar-refractivity contribution in [3.8, 4) is 5.88 Å². The van der Waals surface area contributed by atoms with E-state index in [4.69, 9.17) is 10.5 Å². The molecule has 1 aromatic carbocycles. The number of rotatable bonds is 3. The molecule has 1 atom stereocenters. The molecule has 1 aromatic heterocycles. The van der Waals surface area contributed by atoms with Crippen LogP contribution in [0.5, 0.6) is 5.88 Å². The van der Waals surface area contributed by atoms with Gasteiger partial charge >= 0.3 is 0 Å². The molecule has 0 spiro atoms. The zero-order chi connectivity index (χ0) is 13.1. The van der Waals surface area contributed by atoms with Gasteiger partial charge in [-0.3, -0.25) is 0 Å². The molecule has 2 aromatic rings. The summed E-state index contributed by atoms with van der Waals surface area (Å²) >= 11 is 2.19. The van der Waals surface area contributed by atoms with Crippen LogP contribution >= 0.6 is 22.6 Å². The first-order chi connectivity index (χ1) is 8.63. The second-order valence-corrected chi connectivity index (χ2v) is 5.00. The van der Waals surface area contributed by atoms with Gasteiger partial charge in [0.1, 0.15) is 0 Å². The van der Waals surface area contributed by atoms with E-state index in [0.29, 0.717) is 5.56 Å². The van der Waals surface area contributed by atoms with Crippen LogP contribution < -0.4 is 10.5 Å². The fraction of sp³-hybridized carbons (Fsp3) is 0.154. The average Bonchev–Trinajstić information content (AvgIpc) is 2.38. The third-order valence-corrected chi connectivity index (χ3v) is 3.29. The maximum absolute atomic E-state index is 14.0. The molecule has 94 valence electrons. The molecule has 0 aliphatic heterocycles. The molecule has 0 amide bonds. The van der Waals surface area contributed by atoms with Crippen molar-refractivity contribution in [1.29, 1.82) is 0 Å². The van der Waals surface area contributed by atoms with Crippen molar-refractivity contribution in [2.75, 3.05) is 7.11 Å². The Hall–Kier alpha value is -1.21. The molecule has 1 unspecified atom stereocenters. The normalized spacial score (nSPS) is 12.2. The maximum Gasteiger partial charge on any atom is 0.250 e. The topological polar surface area (TPSA) is 48.1 Å². The van der Waals surface area contributed by atoms with Crippen LogP contribution in [0, 0.1) is 9.39 Å². The molecule has 0 aliphatic carbocycles. The Balaban J connectivity index is 2.43. The van der Waals surface area contributed by atoms with E-state index in [1.165, 1.54) is 13.3 Å². The Morgan fingerprint density at radius 1 is 1.39 bits per heavy atom. The van der Waals surface area contributed by atoms with Crippen LogP contribution in [-0.2, 0) is 0 Å². The average molecular weight is 358 g/mol. The third kappa shape index (κ3) is 2.62. The summed E-state index contributed by atoms with van der Waals surface area (Å²) in [6.45, 7) is 0. The van der Waals surface area contributed by atoms with Crippen LogP contribution in [0.2, 0.25) is 0 Å². The zero-order valence-corrected chi connectivity index (χ0v) is 11.9. The van der Waals surface area contributed by atoms with Gasteiger partial charge in [0, 0.05) is 15.3 Å². The van der Waals surface area contributed by atoms with Gasteiger partial charge < -0.3 is 10.5 Å². The highest BCUT2D eigenvalue weighted by Crippen LogP contribution is 2.26. The summed E-state index contributed by atoms with van der Waals surface area (Å²) in [4.78, 5) is 3.80. The van der Waals surface area contributed by atoms with Crippen LogP contribution in [0.4, 0.5) is 4.39 Å². The molecule has 2 N–H and O–H groups in total. The first-order valence-electron chi connectivity index (χ1n) is 5.33. The van der Waals surface area contributed by atoms with E-state index in [1.54, 1.807) is 6.07 Å². The van der Waals surface area contributed by atoms with E-state index >= 15 is 0 Å². The highest BCUT2D eigenvalue weighted by molar-refractivity contribution is 14.1. The van der Waals surface area contributed by atoms with Crippen LogP contribution in [0.15, 0.2) is 36.5 Å². The van der Waals surface area contributed by atoms with Crippen molar-refractivity contribution in [3.05, 3.63) is 57.0 Å². The highest BCUT2D eigenvalue weighted by atomic mass is 127. The molecule has 0 radical (unpaired) electrons.